The summed E-state index contributed by atoms with van der Waals surface area (Å²) >= 11 is 0. The Morgan fingerprint density at radius 2 is 1.90 bits per heavy atom. The molecular weight excluding hydrogens is 382 g/mol. The summed E-state index contributed by atoms with van der Waals surface area (Å²) < 4.78 is 7.05. The number of aromatic nitrogens is 3. The van der Waals surface area contributed by atoms with E-state index in [4.69, 9.17) is 4.74 Å². The van der Waals surface area contributed by atoms with Crippen LogP contribution in [0, 0.1) is 12.8 Å². The molecule has 3 rings (SSSR count). The molecule has 30 heavy (non-hydrogen) atoms. The van der Waals surface area contributed by atoms with E-state index in [0.29, 0.717) is 29.7 Å². The Kier molecular flexibility index (Phi) is 6.54. The van der Waals surface area contributed by atoms with Crippen LogP contribution in [0.1, 0.15) is 44.9 Å². The summed E-state index contributed by atoms with van der Waals surface area (Å²) in [5.41, 5.74) is 3.11. The Bertz CT molecular complexity index is 946. The molecule has 0 unspecified atom stereocenters. The number of carbonyl (C=O) groups excluding carboxylic acids is 2. The second kappa shape index (κ2) is 9.11. The minimum Gasteiger partial charge on any atom is -0.463 e. The van der Waals surface area contributed by atoms with Gasteiger partial charge < -0.3 is 15.0 Å². The minimum absolute atomic E-state index is 0.0424. The molecule has 160 valence electrons. The number of anilines is 1. The van der Waals surface area contributed by atoms with E-state index in [9.17, 15) is 9.59 Å². The number of rotatable bonds is 7. The van der Waals surface area contributed by atoms with Crippen LogP contribution < -0.4 is 10.2 Å². The Hall–Kier alpha value is -3.16. The third-order valence-electron chi connectivity index (χ3n) is 5.01. The maximum atomic E-state index is 13.0. The molecule has 0 saturated heterocycles. The second-order valence-electron chi connectivity index (χ2n) is 7.82. The quantitative estimate of drug-likeness (QED) is 0.705. The van der Waals surface area contributed by atoms with Crippen molar-refractivity contribution in [2.24, 2.45) is 5.92 Å². The summed E-state index contributed by atoms with van der Waals surface area (Å²) in [5.74, 6) is 0.298. The molecule has 1 aliphatic rings. The van der Waals surface area contributed by atoms with E-state index in [1.807, 2.05) is 52.0 Å². The van der Waals surface area contributed by atoms with Crippen molar-refractivity contribution in [3.05, 3.63) is 53.0 Å². The summed E-state index contributed by atoms with van der Waals surface area (Å²) in [6.07, 6.45) is 1.44. The number of nitrogens with one attached hydrogen (secondary N) is 1. The fraction of sp³-hybridized carbons (Fsp3) is 0.455. The van der Waals surface area contributed by atoms with Crippen LogP contribution in [-0.4, -0.2) is 46.3 Å². The van der Waals surface area contributed by atoms with Gasteiger partial charge in [0.15, 0.2) is 0 Å². The van der Waals surface area contributed by atoms with E-state index in [2.05, 4.69) is 15.4 Å². The minimum atomic E-state index is -0.475. The molecule has 1 aromatic heterocycles. The van der Waals surface area contributed by atoms with Crippen LogP contribution in [0.3, 0.4) is 0 Å². The third-order valence-corrected chi connectivity index (χ3v) is 5.01. The van der Waals surface area contributed by atoms with E-state index in [0.717, 1.165) is 11.1 Å². The maximum absolute atomic E-state index is 13.0. The Morgan fingerprint density at radius 3 is 2.53 bits per heavy atom. The smallest absolute Gasteiger partial charge is 0.338 e. The number of aryl methyl sites for hydroxylation is 1. The lowest BCUT2D eigenvalue weighted by Gasteiger charge is -2.35. The highest BCUT2D eigenvalue weighted by molar-refractivity contribution is 5.93. The lowest BCUT2D eigenvalue weighted by atomic mass is 9.94. The first-order valence-corrected chi connectivity index (χ1v) is 10.2. The summed E-state index contributed by atoms with van der Waals surface area (Å²) in [6.45, 7) is 10.6. The van der Waals surface area contributed by atoms with Gasteiger partial charge in [-0.15, -0.1) is 0 Å². The predicted octanol–water partition coefficient (Wildman–Crippen LogP) is 2.61. The molecule has 2 heterocycles. The third kappa shape index (κ3) is 4.37. The van der Waals surface area contributed by atoms with Gasteiger partial charge in [0.1, 0.15) is 18.9 Å². The number of carbonyl (C=O) groups is 2. The summed E-state index contributed by atoms with van der Waals surface area (Å²) in [4.78, 5) is 31.6. The Labute approximate surface area is 176 Å². The largest absolute Gasteiger partial charge is 0.463 e. The van der Waals surface area contributed by atoms with Crippen LogP contribution in [0.4, 0.5) is 5.95 Å². The van der Waals surface area contributed by atoms with Crippen molar-refractivity contribution in [3.8, 4) is 0 Å². The molecule has 8 heteroatoms. The van der Waals surface area contributed by atoms with Crippen molar-refractivity contribution in [1.82, 2.24) is 20.1 Å². The molecule has 0 fully saturated rings. The van der Waals surface area contributed by atoms with Crippen molar-refractivity contribution in [2.45, 2.75) is 40.7 Å². The first-order chi connectivity index (χ1) is 14.3. The highest BCUT2D eigenvalue weighted by Gasteiger charge is 2.38. The van der Waals surface area contributed by atoms with Crippen LogP contribution in [0.2, 0.25) is 0 Å². The molecule has 1 aromatic carbocycles. The number of nitrogens with zero attached hydrogens (tertiary/aromatic N) is 4. The first kappa shape index (κ1) is 21.5. The van der Waals surface area contributed by atoms with Gasteiger partial charge in [-0.05, 0) is 32.3 Å². The molecule has 0 aliphatic carbocycles. The van der Waals surface area contributed by atoms with Crippen molar-refractivity contribution < 1.29 is 14.3 Å². The van der Waals surface area contributed by atoms with Crippen molar-refractivity contribution in [2.75, 3.05) is 24.6 Å². The van der Waals surface area contributed by atoms with Crippen LogP contribution >= 0.6 is 0 Å². The fourth-order valence-corrected chi connectivity index (χ4v) is 3.47. The molecule has 1 atom stereocenters. The molecule has 1 amide bonds. The van der Waals surface area contributed by atoms with Gasteiger partial charge in [-0.1, -0.05) is 43.7 Å². The zero-order chi connectivity index (χ0) is 21.8. The molecule has 0 radical (unpaired) electrons. The van der Waals surface area contributed by atoms with Gasteiger partial charge in [-0.25, -0.2) is 9.48 Å². The summed E-state index contributed by atoms with van der Waals surface area (Å²) in [6, 6.07) is 7.47. The second-order valence-corrected chi connectivity index (χ2v) is 7.82. The van der Waals surface area contributed by atoms with Crippen LogP contribution in [0.15, 0.2) is 41.9 Å². The highest BCUT2D eigenvalue weighted by Crippen LogP contribution is 2.38. The van der Waals surface area contributed by atoms with Crippen molar-refractivity contribution in [3.63, 3.8) is 0 Å². The van der Waals surface area contributed by atoms with E-state index in [1.165, 1.54) is 6.33 Å². The van der Waals surface area contributed by atoms with Gasteiger partial charge in [-0.3, -0.25) is 4.79 Å². The zero-order valence-electron chi connectivity index (χ0n) is 18.2. The summed E-state index contributed by atoms with van der Waals surface area (Å²) in [5, 5.41) is 7.30. The molecule has 0 spiro atoms. The van der Waals surface area contributed by atoms with Gasteiger partial charge in [0.25, 0.3) is 0 Å². The number of hydrogen-bond acceptors (Lipinski definition) is 6. The fourth-order valence-electron chi connectivity index (χ4n) is 3.47. The number of ether oxygens (including phenoxy) is 1. The number of allylic oxidation sites excluding steroid dienone is 1. The van der Waals surface area contributed by atoms with E-state index >= 15 is 0 Å². The molecule has 1 N–H and O–H groups in total. The predicted molar refractivity (Wildman–Crippen MR) is 114 cm³/mol. The number of fused-ring (bicyclic) bond motifs is 1. The van der Waals surface area contributed by atoms with Crippen LogP contribution in [0.5, 0.6) is 0 Å². The zero-order valence-corrected chi connectivity index (χ0v) is 18.2. The standard InChI is InChI=1S/C22H29N5O3/c1-6-30-21(29)19-16(5)26(12-18(28)23-11-14(2)3)22-24-13-25-27(22)20(19)17-9-7-15(4)8-10-17/h7-10,13-14,20H,6,11-12H2,1-5H3,(H,23,28)/t20-/m0/s1. The molecular formula is C22H29N5O3. The number of hydrogen-bond donors (Lipinski definition) is 1. The van der Waals surface area contributed by atoms with E-state index in [-0.39, 0.29) is 19.1 Å². The highest BCUT2D eigenvalue weighted by atomic mass is 16.5. The van der Waals surface area contributed by atoms with Crippen molar-refractivity contribution in [1.29, 1.82) is 0 Å². The topological polar surface area (TPSA) is 89.3 Å². The lowest BCUT2D eigenvalue weighted by molar-refractivity contribution is -0.139. The monoisotopic (exact) mass is 411 g/mol. The Balaban J connectivity index is 2.05. The molecule has 2 aromatic rings. The summed E-state index contributed by atoms with van der Waals surface area (Å²) in [7, 11) is 0. The van der Waals surface area contributed by atoms with Gasteiger partial charge in [0.2, 0.25) is 11.9 Å². The number of benzene rings is 1. The van der Waals surface area contributed by atoms with Gasteiger partial charge in [0.05, 0.1) is 12.2 Å². The average Bonchev–Trinajstić information content (AvgIpc) is 3.18. The average molecular weight is 412 g/mol. The first-order valence-electron chi connectivity index (χ1n) is 10.2. The van der Waals surface area contributed by atoms with E-state index in [1.54, 1.807) is 16.5 Å². The molecule has 1 aliphatic heterocycles. The van der Waals surface area contributed by atoms with Gasteiger partial charge in [-0.2, -0.15) is 10.1 Å². The van der Waals surface area contributed by atoms with E-state index < -0.39 is 12.0 Å². The van der Waals surface area contributed by atoms with Gasteiger partial charge >= 0.3 is 5.97 Å². The van der Waals surface area contributed by atoms with Gasteiger partial charge in [0, 0.05) is 12.2 Å². The number of esters is 1. The Morgan fingerprint density at radius 1 is 1.20 bits per heavy atom. The molecule has 0 bridgehead atoms. The molecule has 0 saturated carbocycles. The maximum Gasteiger partial charge on any atom is 0.338 e. The lowest BCUT2D eigenvalue weighted by Crippen LogP contribution is -2.43. The van der Waals surface area contributed by atoms with Crippen molar-refractivity contribution >= 4 is 17.8 Å². The van der Waals surface area contributed by atoms with Crippen LogP contribution in [0.25, 0.3) is 0 Å². The SMILES string of the molecule is CCOC(=O)C1=C(C)N(CC(=O)NCC(C)C)c2ncnn2[C@H]1c1ccc(C)cc1. The number of amides is 1. The van der Waals surface area contributed by atoms with Crippen LogP contribution in [-0.2, 0) is 14.3 Å². The normalized spacial score (nSPS) is 15.9. The molecule has 8 nitrogen and oxygen atoms in total.